The molecule has 0 bridgehead atoms. The van der Waals surface area contributed by atoms with Crippen molar-refractivity contribution in [3.8, 4) is 17.0 Å². The highest BCUT2D eigenvalue weighted by Crippen LogP contribution is 2.30. The number of nitrogens with one attached hydrogen (secondary N) is 1. The molecule has 0 aliphatic carbocycles. The zero-order valence-corrected chi connectivity index (χ0v) is 18.0. The number of aryl methyl sites for hydroxylation is 1. The van der Waals surface area contributed by atoms with Crippen LogP contribution in [-0.2, 0) is 4.79 Å². The third-order valence-electron chi connectivity index (χ3n) is 5.17. The van der Waals surface area contributed by atoms with E-state index in [1.54, 1.807) is 36.5 Å². The number of benzene rings is 2. The Bertz CT molecular complexity index is 1470. The second-order valence-electron chi connectivity index (χ2n) is 7.30. The Hall–Kier alpha value is -4.22. The van der Waals surface area contributed by atoms with Crippen molar-refractivity contribution in [2.45, 2.75) is 19.9 Å². The van der Waals surface area contributed by atoms with Gasteiger partial charge in [-0.1, -0.05) is 17.3 Å². The first-order valence-corrected chi connectivity index (χ1v) is 9.81. The monoisotopic (exact) mass is 476 g/mol. The van der Waals surface area contributed by atoms with Crippen LogP contribution < -0.4 is 15.6 Å². The Morgan fingerprint density at radius 1 is 1.15 bits per heavy atom. The van der Waals surface area contributed by atoms with E-state index in [0.29, 0.717) is 22.5 Å². The molecule has 12 heteroatoms. The summed E-state index contributed by atoms with van der Waals surface area (Å²) in [5, 5.41) is 10.1. The van der Waals surface area contributed by atoms with Crippen LogP contribution in [0.1, 0.15) is 18.7 Å². The van der Waals surface area contributed by atoms with Crippen molar-refractivity contribution in [2.24, 2.45) is 0 Å². The fraction of sp³-hybridized carbons (Fsp3) is 0.182. The van der Waals surface area contributed by atoms with E-state index in [0.717, 1.165) is 4.68 Å². The normalized spacial score (nSPS) is 12.1. The summed E-state index contributed by atoms with van der Waals surface area (Å²) in [4.78, 5) is 25.7. The lowest BCUT2D eigenvalue weighted by atomic mass is 10.1. The van der Waals surface area contributed by atoms with Crippen molar-refractivity contribution in [3.63, 3.8) is 0 Å². The maximum Gasteiger partial charge on any atom is 0.297 e. The molecule has 1 amide bonds. The second-order valence-corrected chi connectivity index (χ2v) is 7.30. The van der Waals surface area contributed by atoms with E-state index >= 15 is 0 Å². The molecule has 2 aromatic heterocycles. The van der Waals surface area contributed by atoms with E-state index in [4.69, 9.17) is 9.26 Å². The number of amides is 1. The van der Waals surface area contributed by atoms with Gasteiger partial charge in [-0.3, -0.25) is 9.59 Å². The van der Waals surface area contributed by atoms with Crippen molar-refractivity contribution < 1.29 is 31.6 Å². The molecule has 1 atom stereocenters. The number of rotatable bonds is 5. The van der Waals surface area contributed by atoms with E-state index in [9.17, 15) is 27.2 Å². The number of fused-ring (bicyclic) bond motifs is 1. The standard InChI is InChI=1S/C22H16F4N4O4/c1-9(21(31)27-20-16(25)13(23)8-14(24)17(20)26)30-22(32)19-15(10(2)34-29-19)18(28-30)11-5-4-6-12(7-11)33-3/h4-9H,1-3H3,(H,27,31). The lowest BCUT2D eigenvalue weighted by Gasteiger charge is -2.16. The molecule has 0 aliphatic heterocycles. The van der Waals surface area contributed by atoms with Gasteiger partial charge in [-0.2, -0.15) is 5.10 Å². The average Bonchev–Trinajstić information content (AvgIpc) is 3.22. The van der Waals surface area contributed by atoms with Crippen LogP contribution >= 0.6 is 0 Å². The molecule has 0 radical (unpaired) electrons. The number of halogens is 4. The molecule has 2 heterocycles. The number of anilines is 1. The molecule has 1 N–H and O–H groups in total. The molecule has 0 saturated heterocycles. The number of nitrogens with zero attached hydrogens (tertiary/aromatic N) is 3. The van der Waals surface area contributed by atoms with Crippen molar-refractivity contribution in [3.05, 3.63) is 69.7 Å². The van der Waals surface area contributed by atoms with Crippen LogP contribution in [0.4, 0.5) is 23.2 Å². The van der Waals surface area contributed by atoms with E-state index in [1.165, 1.54) is 14.0 Å². The molecule has 0 spiro atoms. The van der Waals surface area contributed by atoms with Crippen LogP contribution in [0.25, 0.3) is 22.2 Å². The van der Waals surface area contributed by atoms with E-state index in [2.05, 4.69) is 10.3 Å². The minimum absolute atomic E-state index is 0.0110. The lowest BCUT2D eigenvalue weighted by Crippen LogP contribution is -2.34. The summed E-state index contributed by atoms with van der Waals surface area (Å²) in [5.41, 5.74) is -1.57. The molecule has 34 heavy (non-hydrogen) atoms. The molecule has 1 unspecified atom stereocenters. The maximum atomic E-state index is 14.0. The molecule has 4 aromatic rings. The second kappa shape index (κ2) is 8.61. The maximum absolute atomic E-state index is 14.0. The summed E-state index contributed by atoms with van der Waals surface area (Å²) in [6.07, 6.45) is 0. The third kappa shape index (κ3) is 3.76. The largest absolute Gasteiger partial charge is 0.497 e. The fourth-order valence-corrected chi connectivity index (χ4v) is 3.37. The van der Waals surface area contributed by atoms with Crippen LogP contribution in [0.2, 0.25) is 0 Å². The fourth-order valence-electron chi connectivity index (χ4n) is 3.37. The molecular formula is C22H16F4N4O4. The van der Waals surface area contributed by atoms with E-state index in [-0.39, 0.29) is 17.3 Å². The van der Waals surface area contributed by atoms with Gasteiger partial charge in [0, 0.05) is 11.6 Å². The Labute approximate surface area is 188 Å². The topological polar surface area (TPSA) is 99.2 Å². The molecule has 2 aromatic carbocycles. The van der Waals surface area contributed by atoms with Gasteiger partial charge in [-0.15, -0.1) is 0 Å². The van der Waals surface area contributed by atoms with Gasteiger partial charge in [0.15, 0.2) is 28.8 Å². The van der Waals surface area contributed by atoms with Gasteiger partial charge in [0.25, 0.3) is 5.56 Å². The smallest absolute Gasteiger partial charge is 0.297 e. The first kappa shape index (κ1) is 23.0. The summed E-state index contributed by atoms with van der Waals surface area (Å²) < 4.78 is 66.1. The van der Waals surface area contributed by atoms with E-state index in [1.807, 2.05) is 0 Å². The van der Waals surface area contributed by atoms with Gasteiger partial charge >= 0.3 is 0 Å². The predicted octanol–water partition coefficient (Wildman–Crippen LogP) is 4.12. The van der Waals surface area contributed by atoms with Crippen molar-refractivity contribution in [1.82, 2.24) is 14.9 Å². The van der Waals surface area contributed by atoms with Gasteiger partial charge in [-0.05, 0) is 26.0 Å². The van der Waals surface area contributed by atoms with Crippen LogP contribution in [0, 0.1) is 30.2 Å². The van der Waals surface area contributed by atoms with Gasteiger partial charge in [-0.25, -0.2) is 22.2 Å². The Kier molecular flexibility index (Phi) is 5.82. The van der Waals surface area contributed by atoms with Gasteiger partial charge < -0.3 is 14.6 Å². The summed E-state index contributed by atoms with van der Waals surface area (Å²) in [5.74, 6) is -7.36. The first-order valence-electron chi connectivity index (χ1n) is 9.81. The lowest BCUT2D eigenvalue weighted by molar-refractivity contribution is -0.119. The highest BCUT2D eigenvalue weighted by Gasteiger charge is 2.27. The first-order chi connectivity index (χ1) is 16.1. The predicted molar refractivity (Wildman–Crippen MR) is 112 cm³/mol. The van der Waals surface area contributed by atoms with Gasteiger partial charge in [0.2, 0.25) is 5.91 Å². The Balaban J connectivity index is 1.83. The summed E-state index contributed by atoms with van der Waals surface area (Å²) in [6.45, 7) is 2.79. The van der Waals surface area contributed by atoms with Gasteiger partial charge in [0.1, 0.15) is 28.9 Å². The van der Waals surface area contributed by atoms with Crippen LogP contribution in [0.3, 0.4) is 0 Å². The highest BCUT2D eigenvalue weighted by molar-refractivity contribution is 5.95. The van der Waals surface area contributed by atoms with Crippen molar-refractivity contribution >= 4 is 22.5 Å². The Morgan fingerprint density at radius 2 is 1.82 bits per heavy atom. The number of hydrogen-bond donors (Lipinski definition) is 1. The van der Waals surface area contributed by atoms with Crippen LogP contribution in [0.15, 0.2) is 39.6 Å². The molecule has 8 nitrogen and oxygen atoms in total. The number of methoxy groups -OCH3 is 1. The van der Waals surface area contributed by atoms with E-state index < -0.39 is 46.5 Å². The van der Waals surface area contributed by atoms with Crippen LogP contribution in [0.5, 0.6) is 5.75 Å². The van der Waals surface area contributed by atoms with Gasteiger partial charge in [0.05, 0.1) is 12.5 Å². The summed E-state index contributed by atoms with van der Waals surface area (Å²) in [7, 11) is 1.47. The summed E-state index contributed by atoms with van der Waals surface area (Å²) >= 11 is 0. The zero-order chi connectivity index (χ0) is 24.7. The number of hydrogen-bond acceptors (Lipinski definition) is 6. The summed E-state index contributed by atoms with van der Waals surface area (Å²) in [6, 6.07) is 5.22. The quantitative estimate of drug-likeness (QED) is 0.344. The molecular weight excluding hydrogens is 460 g/mol. The SMILES string of the molecule is COc1cccc(-c2nn(C(C)C(=O)Nc3c(F)c(F)cc(F)c3F)c(=O)c3noc(C)c23)c1. The number of carbonyl (C=O) groups is 1. The van der Waals surface area contributed by atoms with Crippen LogP contribution in [-0.4, -0.2) is 28.0 Å². The Morgan fingerprint density at radius 3 is 2.47 bits per heavy atom. The minimum atomic E-state index is -1.79. The molecule has 0 aliphatic rings. The van der Waals surface area contributed by atoms with Crippen molar-refractivity contribution in [1.29, 1.82) is 0 Å². The molecule has 0 saturated carbocycles. The molecule has 4 rings (SSSR count). The minimum Gasteiger partial charge on any atom is -0.497 e. The number of ether oxygens (including phenoxy) is 1. The zero-order valence-electron chi connectivity index (χ0n) is 18.0. The molecule has 176 valence electrons. The molecule has 0 fully saturated rings. The highest BCUT2D eigenvalue weighted by atomic mass is 19.2. The van der Waals surface area contributed by atoms with Crippen molar-refractivity contribution in [2.75, 3.05) is 12.4 Å². The number of carbonyl (C=O) groups excluding carboxylic acids is 1. The average molecular weight is 476 g/mol. The third-order valence-corrected chi connectivity index (χ3v) is 5.17. The number of aromatic nitrogens is 3.